The Morgan fingerprint density at radius 3 is 2.07 bits per heavy atom. The van der Waals surface area contributed by atoms with Gasteiger partial charge < -0.3 is 14.7 Å². The van der Waals surface area contributed by atoms with Gasteiger partial charge in [0.15, 0.2) is 0 Å². The minimum Gasteiger partial charge on any atom is -0.369 e. The normalized spacial score (nSPS) is 18.2. The predicted molar refractivity (Wildman–Crippen MR) is 120 cm³/mol. The summed E-state index contributed by atoms with van der Waals surface area (Å²) in [5.41, 5.74) is 2.43. The van der Waals surface area contributed by atoms with E-state index in [1.807, 2.05) is 29.2 Å². The molecule has 0 saturated carbocycles. The topological polar surface area (TPSA) is 30.0 Å². The van der Waals surface area contributed by atoms with Crippen molar-refractivity contribution in [2.75, 3.05) is 68.7 Å². The van der Waals surface area contributed by atoms with Crippen molar-refractivity contribution in [1.29, 1.82) is 0 Å². The number of carbonyl (C=O) groups is 1. The zero-order chi connectivity index (χ0) is 20.1. The number of piperazine rings is 2. The molecule has 2 aliphatic heterocycles. The van der Waals surface area contributed by atoms with E-state index in [0.29, 0.717) is 6.42 Å². The molecule has 4 rings (SSSR count). The fourth-order valence-corrected chi connectivity index (χ4v) is 4.35. The SMILES string of the molecule is O=C(CCN1CCN(c2cccc(Cl)c2)CC1)N1CCN(c2ccccc2)CC1. The van der Waals surface area contributed by atoms with E-state index in [0.717, 1.165) is 63.9 Å². The number of para-hydroxylation sites is 1. The summed E-state index contributed by atoms with van der Waals surface area (Å²) in [5.74, 6) is 0.287. The molecule has 2 saturated heterocycles. The van der Waals surface area contributed by atoms with E-state index in [4.69, 9.17) is 11.6 Å². The molecule has 0 bridgehead atoms. The number of rotatable bonds is 5. The number of hydrogen-bond donors (Lipinski definition) is 0. The third-order valence-electron chi connectivity index (χ3n) is 5.94. The van der Waals surface area contributed by atoms with Gasteiger partial charge in [0.25, 0.3) is 0 Å². The van der Waals surface area contributed by atoms with Crippen LogP contribution in [0, 0.1) is 0 Å². The van der Waals surface area contributed by atoms with Gasteiger partial charge in [0.2, 0.25) is 5.91 Å². The molecule has 0 radical (unpaired) electrons. The number of anilines is 2. The van der Waals surface area contributed by atoms with Crippen LogP contribution < -0.4 is 9.80 Å². The van der Waals surface area contributed by atoms with Gasteiger partial charge in [-0.05, 0) is 30.3 Å². The number of benzene rings is 2. The van der Waals surface area contributed by atoms with Gasteiger partial charge in [0, 0.05) is 81.7 Å². The van der Waals surface area contributed by atoms with Crippen molar-refractivity contribution < 1.29 is 4.79 Å². The fraction of sp³-hybridized carbons (Fsp3) is 0.435. The van der Waals surface area contributed by atoms with Gasteiger partial charge in [-0.25, -0.2) is 0 Å². The molecule has 5 nitrogen and oxygen atoms in total. The first-order valence-corrected chi connectivity index (χ1v) is 10.9. The van der Waals surface area contributed by atoms with E-state index >= 15 is 0 Å². The van der Waals surface area contributed by atoms with Crippen LogP contribution in [0.2, 0.25) is 5.02 Å². The van der Waals surface area contributed by atoms with Crippen LogP contribution in [0.4, 0.5) is 11.4 Å². The molecule has 0 spiro atoms. The lowest BCUT2D eigenvalue weighted by Crippen LogP contribution is -2.50. The Bertz CT molecular complexity index is 800. The molecule has 2 heterocycles. The number of amides is 1. The Labute approximate surface area is 178 Å². The van der Waals surface area contributed by atoms with E-state index in [-0.39, 0.29) is 5.91 Å². The maximum absolute atomic E-state index is 12.7. The molecule has 0 N–H and O–H groups in total. The second kappa shape index (κ2) is 9.51. The Balaban J connectivity index is 1.18. The quantitative estimate of drug-likeness (QED) is 0.754. The molecule has 154 valence electrons. The Morgan fingerprint density at radius 1 is 0.759 bits per heavy atom. The Hall–Kier alpha value is -2.24. The lowest BCUT2D eigenvalue weighted by molar-refractivity contribution is -0.131. The third kappa shape index (κ3) is 5.22. The molecule has 2 aromatic rings. The zero-order valence-electron chi connectivity index (χ0n) is 16.8. The summed E-state index contributed by atoms with van der Waals surface area (Å²) < 4.78 is 0. The van der Waals surface area contributed by atoms with Gasteiger partial charge >= 0.3 is 0 Å². The van der Waals surface area contributed by atoms with Gasteiger partial charge in [0.1, 0.15) is 0 Å². The van der Waals surface area contributed by atoms with Crippen molar-refractivity contribution in [1.82, 2.24) is 9.80 Å². The molecule has 0 aliphatic carbocycles. The highest BCUT2D eigenvalue weighted by molar-refractivity contribution is 6.30. The van der Waals surface area contributed by atoms with Crippen molar-refractivity contribution in [2.45, 2.75) is 6.42 Å². The minimum atomic E-state index is 0.287. The van der Waals surface area contributed by atoms with Crippen LogP contribution in [-0.4, -0.2) is 74.6 Å². The van der Waals surface area contributed by atoms with Crippen LogP contribution in [0.15, 0.2) is 54.6 Å². The van der Waals surface area contributed by atoms with Crippen molar-refractivity contribution in [3.63, 3.8) is 0 Å². The molecule has 0 atom stereocenters. The first kappa shape index (κ1) is 20.0. The molecule has 2 aromatic carbocycles. The molecule has 2 aliphatic rings. The van der Waals surface area contributed by atoms with Gasteiger partial charge in [-0.3, -0.25) is 9.69 Å². The second-order valence-electron chi connectivity index (χ2n) is 7.76. The van der Waals surface area contributed by atoms with Crippen LogP contribution >= 0.6 is 11.6 Å². The van der Waals surface area contributed by atoms with Gasteiger partial charge in [0.05, 0.1) is 0 Å². The number of nitrogens with zero attached hydrogens (tertiary/aromatic N) is 4. The van der Waals surface area contributed by atoms with Crippen molar-refractivity contribution in [3.05, 3.63) is 59.6 Å². The third-order valence-corrected chi connectivity index (χ3v) is 6.18. The number of carbonyl (C=O) groups excluding carboxylic acids is 1. The largest absolute Gasteiger partial charge is 0.369 e. The summed E-state index contributed by atoms with van der Waals surface area (Å²) in [6.45, 7) is 8.23. The molecular formula is C23H29ClN4O. The maximum atomic E-state index is 12.7. The number of hydrogen-bond acceptors (Lipinski definition) is 4. The molecule has 29 heavy (non-hydrogen) atoms. The van der Waals surface area contributed by atoms with Gasteiger partial charge in [-0.2, -0.15) is 0 Å². The average molecular weight is 413 g/mol. The van der Waals surface area contributed by atoms with E-state index < -0.39 is 0 Å². The highest BCUT2D eigenvalue weighted by Crippen LogP contribution is 2.21. The fourth-order valence-electron chi connectivity index (χ4n) is 4.17. The summed E-state index contributed by atoms with van der Waals surface area (Å²) in [4.78, 5) is 21.8. The van der Waals surface area contributed by atoms with Crippen molar-refractivity contribution in [2.24, 2.45) is 0 Å². The molecular weight excluding hydrogens is 384 g/mol. The van der Waals surface area contributed by atoms with Crippen LogP contribution in [0.1, 0.15) is 6.42 Å². The van der Waals surface area contributed by atoms with Crippen LogP contribution in [0.5, 0.6) is 0 Å². The smallest absolute Gasteiger partial charge is 0.223 e. The summed E-state index contributed by atoms with van der Waals surface area (Å²) >= 11 is 6.11. The molecule has 6 heteroatoms. The zero-order valence-corrected chi connectivity index (χ0v) is 17.6. The lowest BCUT2D eigenvalue weighted by atomic mass is 10.2. The summed E-state index contributed by atoms with van der Waals surface area (Å²) in [6, 6.07) is 18.5. The molecule has 0 aromatic heterocycles. The monoisotopic (exact) mass is 412 g/mol. The maximum Gasteiger partial charge on any atom is 0.223 e. The van der Waals surface area contributed by atoms with Crippen molar-refractivity contribution in [3.8, 4) is 0 Å². The predicted octanol–water partition coefficient (Wildman–Crippen LogP) is 3.20. The van der Waals surface area contributed by atoms with E-state index in [1.54, 1.807) is 0 Å². The summed E-state index contributed by atoms with van der Waals surface area (Å²) in [5, 5.41) is 0.780. The van der Waals surface area contributed by atoms with Crippen LogP contribution in [0.25, 0.3) is 0 Å². The van der Waals surface area contributed by atoms with Gasteiger partial charge in [-0.15, -0.1) is 0 Å². The first-order chi connectivity index (χ1) is 14.2. The van der Waals surface area contributed by atoms with E-state index in [9.17, 15) is 4.79 Å². The van der Waals surface area contributed by atoms with E-state index in [2.05, 4.69) is 45.0 Å². The highest BCUT2D eigenvalue weighted by atomic mass is 35.5. The highest BCUT2D eigenvalue weighted by Gasteiger charge is 2.23. The number of halogens is 1. The first-order valence-electron chi connectivity index (χ1n) is 10.5. The summed E-state index contributed by atoms with van der Waals surface area (Å²) in [6.07, 6.45) is 0.614. The van der Waals surface area contributed by atoms with Crippen LogP contribution in [0.3, 0.4) is 0 Å². The average Bonchev–Trinajstić information content (AvgIpc) is 2.78. The summed E-state index contributed by atoms with van der Waals surface area (Å²) in [7, 11) is 0. The minimum absolute atomic E-state index is 0.287. The molecule has 2 fully saturated rings. The van der Waals surface area contributed by atoms with Gasteiger partial charge in [-0.1, -0.05) is 35.9 Å². The molecule has 1 amide bonds. The van der Waals surface area contributed by atoms with E-state index in [1.165, 1.54) is 11.4 Å². The van der Waals surface area contributed by atoms with Crippen LogP contribution in [-0.2, 0) is 4.79 Å². The molecule has 0 unspecified atom stereocenters. The lowest BCUT2D eigenvalue weighted by Gasteiger charge is -2.38. The Morgan fingerprint density at radius 2 is 1.38 bits per heavy atom. The van der Waals surface area contributed by atoms with Crippen molar-refractivity contribution >= 4 is 28.9 Å². The Kier molecular flexibility index (Phi) is 6.57. The second-order valence-corrected chi connectivity index (χ2v) is 8.20. The standard InChI is InChI=1S/C23H29ClN4O/c24-20-5-4-8-22(19-20)27-13-11-25(12-14-27)10-9-23(29)28-17-15-26(16-18-28)21-6-2-1-3-7-21/h1-8,19H,9-18H2.